The van der Waals surface area contributed by atoms with Crippen molar-refractivity contribution in [2.24, 2.45) is 0 Å². The van der Waals surface area contributed by atoms with Crippen LogP contribution in [-0.2, 0) is 17.9 Å². The van der Waals surface area contributed by atoms with Gasteiger partial charge < -0.3 is 15.5 Å². The van der Waals surface area contributed by atoms with Crippen molar-refractivity contribution in [2.75, 3.05) is 27.2 Å². The first kappa shape index (κ1) is 15.4. The van der Waals surface area contributed by atoms with Gasteiger partial charge in [-0.05, 0) is 25.2 Å². The van der Waals surface area contributed by atoms with E-state index in [0.717, 1.165) is 12.1 Å². The molecule has 1 rings (SSSR count). The van der Waals surface area contributed by atoms with Crippen molar-refractivity contribution < 1.29 is 4.79 Å². The Bertz CT molecular complexity index is 416. The first-order chi connectivity index (χ1) is 9.13. The molecule has 1 aromatic rings. The lowest BCUT2D eigenvalue weighted by atomic mass is 10.1. The maximum Gasteiger partial charge on any atom is 0.234 e. The minimum Gasteiger partial charge on any atom is -0.351 e. The van der Waals surface area contributed by atoms with Gasteiger partial charge in [-0.25, -0.2) is 0 Å². The van der Waals surface area contributed by atoms with E-state index in [1.54, 1.807) is 6.08 Å². The summed E-state index contributed by atoms with van der Waals surface area (Å²) in [4.78, 5) is 13.7. The average Bonchev–Trinajstić information content (AvgIpc) is 2.37. The van der Waals surface area contributed by atoms with Gasteiger partial charge in [0.1, 0.15) is 0 Å². The molecule has 0 fully saturated rings. The van der Waals surface area contributed by atoms with Gasteiger partial charge in [-0.1, -0.05) is 30.3 Å². The van der Waals surface area contributed by atoms with Gasteiger partial charge in [-0.2, -0.15) is 0 Å². The predicted molar refractivity (Wildman–Crippen MR) is 78.7 cm³/mol. The molecule has 0 saturated carbocycles. The van der Waals surface area contributed by atoms with Crippen LogP contribution in [0.3, 0.4) is 0 Å². The quantitative estimate of drug-likeness (QED) is 0.545. The van der Waals surface area contributed by atoms with Crippen LogP contribution in [0.1, 0.15) is 11.1 Å². The minimum absolute atomic E-state index is 0.00139. The molecule has 1 amide bonds. The van der Waals surface area contributed by atoms with Crippen LogP contribution in [-0.4, -0.2) is 38.0 Å². The second kappa shape index (κ2) is 8.45. The van der Waals surface area contributed by atoms with Gasteiger partial charge in [0.2, 0.25) is 5.91 Å². The summed E-state index contributed by atoms with van der Waals surface area (Å²) in [6.45, 7) is 6.00. The first-order valence-corrected chi connectivity index (χ1v) is 6.43. The number of hydrogen-bond acceptors (Lipinski definition) is 3. The highest BCUT2D eigenvalue weighted by molar-refractivity contribution is 5.78. The van der Waals surface area contributed by atoms with Crippen molar-refractivity contribution in [1.29, 1.82) is 0 Å². The molecular weight excluding hydrogens is 238 g/mol. The van der Waals surface area contributed by atoms with E-state index in [2.05, 4.69) is 34.2 Å². The molecular formula is C15H23N3O. The zero-order valence-corrected chi connectivity index (χ0v) is 11.8. The highest BCUT2D eigenvalue weighted by Crippen LogP contribution is 2.10. The van der Waals surface area contributed by atoms with E-state index < -0.39 is 0 Å². The molecule has 19 heavy (non-hydrogen) atoms. The molecule has 1 aromatic carbocycles. The first-order valence-electron chi connectivity index (χ1n) is 6.43. The maximum absolute atomic E-state index is 11.6. The van der Waals surface area contributed by atoms with Crippen LogP contribution in [0.25, 0.3) is 0 Å². The topological polar surface area (TPSA) is 44.4 Å². The standard InChI is InChI=1S/C15H23N3O/c1-4-9-16-11-15(19)17-10-13-7-5-6-8-14(13)12-18(2)3/h4-8,16H,1,9-12H2,2-3H3,(H,17,19). The van der Waals surface area contributed by atoms with Crippen molar-refractivity contribution in [3.63, 3.8) is 0 Å². The summed E-state index contributed by atoms with van der Waals surface area (Å²) in [6, 6.07) is 8.17. The normalized spacial score (nSPS) is 10.5. The highest BCUT2D eigenvalue weighted by Gasteiger charge is 2.05. The van der Waals surface area contributed by atoms with Crippen LogP contribution in [0.4, 0.5) is 0 Å². The number of carbonyl (C=O) groups excluding carboxylic acids is 1. The number of amides is 1. The molecule has 0 spiro atoms. The maximum atomic E-state index is 11.6. The molecule has 2 N–H and O–H groups in total. The summed E-state index contributed by atoms with van der Waals surface area (Å²) in [5, 5.41) is 5.90. The third-order valence-corrected chi connectivity index (χ3v) is 2.66. The Balaban J connectivity index is 2.48. The molecule has 104 valence electrons. The van der Waals surface area contributed by atoms with E-state index in [9.17, 15) is 4.79 Å². The molecule has 4 heteroatoms. The fourth-order valence-corrected chi connectivity index (χ4v) is 1.77. The van der Waals surface area contributed by atoms with Gasteiger partial charge in [0, 0.05) is 19.6 Å². The Hall–Kier alpha value is -1.65. The van der Waals surface area contributed by atoms with Gasteiger partial charge in [0.25, 0.3) is 0 Å². The van der Waals surface area contributed by atoms with Gasteiger partial charge in [-0.3, -0.25) is 4.79 Å². The lowest BCUT2D eigenvalue weighted by molar-refractivity contribution is -0.120. The Morgan fingerprint density at radius 3 is 2.63 bits per heavy atom. The third-order valence-electron chi connectivity index (χ3n) is 2.66. The Labute approximate surface area is 115 Å². The molecule has 0 heterocycles. The van der Waals surface area contributed by atoms with Gasteiger partial charge in [0.05, 0.1) is 6.54 Å². The second-order valence-corrected chi connectivity index (χ2v) is 4.70. The summed E-state index contributed by atoms with van der Waals surface area (Å²) >= 11 is 0. The Morgan fingerprint density at radius 1 is 1.32 bits per heavy atom. The molecule has 0 saturated heterocycles. The molecule has 0 radical (unpaired) electrons. The number of hydrogen-bond donors (Lipinski definition) is 2. The number of carbonyl (C=O) groups is 1. The average molecular weight is 261 g/mol. The summed E-state index contributed by atoms with van der Waals surface area (Å²) < 4.78 is 0. The smallest absolute Gasteiger partial charge is 0.234 e. The van der Waals surface area contributed by atoms with Gasteiger partial charge >= 0.3 is 0 Å². The monoisotopic (exact) mass is 261 g/mol. The molecule has 0 unspecified atom stereocenters. The van der Waals surface area contributed by atoms with Crippen LogP contribution in [0.5, 0.6) is 0 Å². The SMILES string of the molecule is C=CCNCC(=O)NCc1ccccc1CN(C)C. The zero-order chi connectivity index (χ0) is 14.1. The Morgan fingerprint density at radius 2 is 2.00 bits per heavy atom. The molecule has 0 aliphatic heterocycles. The third kappa shape index (κ3) is 6.18. The van der Waals surface area contributed by atoms with Crippen molar-refractivity contribution >= 4 is 5.91 Å². The molecule has 4 nitrogen and oxygen atoms in total. The highest BCUT2D eigenvalue weighted by atomic mass is 16.1. The van der Waals surface area contributed by atoms with Crippen molar-refractivity contribution in [3.05, 3.63) is 48.0 Å². The summed E-state index contributed by atoms with van der Waals surface area (Å²) in [7, 11) is 4.07. The number of rotatable bonds is 8. The molecule has 0 aliphatic carbocycles. The van der Waals surface area contributed by atoms with E-state index in [4.69, 9.17) is 0 Å². The summed E-state index contributed by atoms with van der Waals surface area (Å²) in [5.41, 5.74) is 2.40. The van der Waals surface area contributed by atoms with E-state index in [1.165, 1.54) is 5.56 Å². The van der Waals surface area contributed by atoms with Crippen LogP contribution in [0.2, 0.25) is 0 Å². The lowest BCUT2D eigenvalue weighted by Crippen LogP contribution is -2.33. The fourth-order valence-electron chi connectivity index (χ4n) is 1.77. The van der Waals surface area contributed by atoms with Crippen molar-refractivity contribution in [3.8, 4) is 0 Å². The van der Waals surface area contributed by atoms with Gasteiger partial charge in [0.15, 0.2) is 0 Å². The largest absolute Gasteiger partial charge is 0.351 e. The predicted octanol–water partition coefficient (Wildman–Crippen LogP) is 1.14. The molecule has 0 aliphatic rings. The number of nitrogens with one attached hydrogen (secondary N) is 2. The van der Waals surface area contributed by atoms with Crippen LogP contribution in [0, 0.1) is 0 Å². The van der Waals surface area contributed by atoms with E-state index >= 15 is 0 Å². The fraction of sp³-hybridized carbons (Fsp3) is 0.400. The summed E-state index contributed by atoms with van der Waals surface area (Å²) in [5.74, 6) is 0.00139. The van der Waals surface area contributed by atoms with Crippen LogP contribution in [0.15, 0.2) is 36.9 Å². The van der Waals surface area contributed by atoms with E-state index in [0.29, 0.717) is 19.6 Å². The molecule has 0 aromatic heterocycles. The van der Waals surface area contributed by atoms with Gasteiger partial charge in [-0.15, -0.1) is 6.58 Å². The second-order valence-electron chi connectivity index (χ2n) is 4.70. The number of nitrogens with zero attached hydrogens (tertiary/aromatic N) is 1. The van der Waals surface area contributed by atoms with Crippen molar-refractivity contribution in [1.82, 2.24) is 15.5 Å². The molecule has 0 bridgehead atoms. The number of benzene rings is 1. The van der Waals surface area contributed by atoms with Crippen LogP contribution >= 0.6 is 0 Å². The zero-order valence-electron chi connectivity index (χ0n) is 11.8. The summed E-state index contributed by atoms with van der Waals surface area (Å²) in [6.07, 6.45) is 1.74. The molecule has 0 atom stereocenters. The van der Waals surface area contributed by atoms with E-state index in [-0.39, 0.29) is 5.91 Å². The van der Waals surface area contributed by atoms with Crippen molar-refractivity contribution in [2.45, 2.75) is 13.1 Å². The lowest BCUT2D eigenvalue weighted by Gasteiger charge is -2.14. The van der Waals surface area contributed by atoms with E-state index in [1.807, 2.05) is 26.2 Å². The van der Waals surface area contributed by atoms with Crippen LogP contribution < -0.4 is 10.6 Å². The Kier molecular flexibility index (Phi) is 6.85. The minimum atomic E-state index is 0.00139.